The third-order valence-corrected chi connectivity index (χ3v) is 6.85. The molecule has 1 N–H and O–H groups in total. The quantitative estimate of drug-likeness (QED) is 0.784. The van der Waals surface area contributed by atoms with Crippen LogP contribution in [-0.4, -0.2) is 61.0 Å². The van der Waals surface area contributed by atoms with Gasteiger partial charge in [-0.05, 0) is 24.1 Å². The number of piperazine rings is 1. The summed E-state index contributed by atoms with van der Waals surface area (Å²) in [6, 6.07) is 16.8. The van der Waals surface area contributed by atoms with Crippen molar-refractivity contribution in [2.45, 2.75) is 22.6 Å². The fraction of sp³-hybridized carbons (Fsp3) is 0.409. The number of rotatable bonds is 5. The third kappa shape index (κ3) is 4.40. The molecule has 0 saturated carbocycles. The molecule has 148 valence electrons. The Morgan fingerprint density at radius 2 is 1.75 bits per heavy atom. The van der Waals surface area contributed by atoms with Gasteiger partial charge >= 0.3 is 0 Å². The van der Waals surface area contributed by atoms with Crippen molar-refractivity contribution in [2.24, 2.45) is 0 Å². The van der Waals surface area contributed by atoms with E-state index >= 15 is 0 Å². The summed E-state index contributed by atoms with van der Waals surface area (Å²) in [5.74, 6) is -0.196. The van der Waals surface area contributed by atoms with Crippen LogP contribution < -0.4 is 5.32 Å². The minimum absolute atomic E-state index is 0.0806. The number of hydrogen-bond donors (Lipinski definition) is 1. The van der Waals surface area contributed by atoms with E-state index in [0.717, 1.165) is 51.3 Å². The number of nitrogens with one attached hydrogen (secondary N) is 1. The molecule has 4 nitrogen and oxygen atoms in total. The molecule has 2 aromatic carbocycles. The van der Waals surface area contributed by atoms with E-state index in [-0.39, 0.29) is 11.7 Å². The smallest absolute Gasteiger partial charge is 0.240 e. The normalized spacial score (nSPS) is 21.6. The van der Waals surface area contributed by atoms with Gasteiger partial charge in [0, 0.05) is 50.2 Å². The molecule has 0 aromatic heterocycles. The summed E-state index contributed by atoms with van der Waals surface area (Å²) in [5.41, 5.74) is 0.923. The maximum atomic E-state index is 14.3. The van der Waals surface area contributed by atoms with Gasteiger partial charge in [0.2, 0.25) is 5.91 Å². The number of nitrogens with zero attached hydrogens (tertiary/aromatic N) is 2. The van der Waals surface area contributed by atoms with Crippen molar-refractivity contribution in [1.29, 1.82) is 0 Å². The Kier molecular flexibility index (Phi) is 6.29. The SMILES string of the molecule is O=C(C(Sc1ccccc1F)c1ccccc1)N1CCC(N2CCNCC2)C1. The highest BCUT2D eigenvalue weighted by atomic mass is 32.2. The van der Waals surface area contributed by atoms with E-state index in [1.54, 1.807) is 12.1 Å². The Balaban J connectivity index is 1.51. The molecule has 6 heteroatoms. The second-order valence-corrected chi connectivity index (χ2v) is 8.50. The summed E-state index contributed by atoms with van der Waals surface area (Å²) < 4.78 is 14.3. The Labute approximate surface area is 170 Å². The van der Waals surface area contributed by atoms with Crippen molar-refractivity contribution in [3.05, 3.63) is 66.0 Å². The van der Waals surface area contributed by atoms with Crippen molar-refractivity contribution < 1.29 is 9.18 Å². The lowest BCUT2D eigenvalue weighted by atomic mass is 10.1. The molecule has 2 atom stereocenters. The minimum Gasteiger partial charge on any atom is -0.340 e. The summed E-state index contributed by atoms with van der Waals surface area (Å²) in [5, 5.41) is 2.95. The van der Waals surface area contributed by atoms with Crippen LogP contribution in [0.2, 0.25) is 0 Å². The number of hydrogen-bond acceptors (Lipinski definition) is 4. The molecule has 2 heterocycles. The average molecular weight is 400 g/mol. The molecular formula is C22H26FN3OS. The Bertz CT molecular complexity index is 797. The maximum absolute atomic E-state index is 14.3. The lowest BCUT2D eigenvalue weighted by Gasteiger charge is -2.32. The Morgan fingerprint density at radius 3 is 2.50 bits per heavy atom. The highest BCUT2D eigenvalue weighted by molar-refractivity contribution is 8.00. The molecule has 28 heavy (non-hydrogen) atoms. The minimum atomic E-state index is -0.431. The first-order valence-electron chi connectivity index (χ1n) is 9.92. The number of thioether (sulfide) groups is 1. The molecule has 1 amide bonds. The van der Waals surface area contributed by atoms with Crippen molar-refractivity contribution in [1.82, 2.24) is 15.1 Å². The van der Waals surface area contributed by atoms with Gasteiger partial charge in [0.05, 0.1) is 0 Å². The standard InChI is InChI=1S/C22H26FN3OS/c23-19-8-4-5-9-20(19)28-21(17-6-2-1-3-7-17)22(27)26-13-10-18(16-26)25-14-11-24-12-15-25/h1-9,18,21,24H,10-16H2. The van der Waals surface area contributed by atoms with Gasteiger partial charge in [0.1, 0.15) is 11.1 Å². The number of amides is 1. The summed E-state index contributed by atoms with van der Waals surface area (Å²) >= 11 is 1.31. The zero-order chi connectivity index (χ0) is 19.3. The fourth-order valence-corrected chi connectivity index (χ4v) is 5.14. The first-order valence-corrected chi connectivity index (χ1v) is 10.8. The summed E-state index contributed by atoms with van der Waals surface area (Å²) in [7, 11) is 0. The summed E-state index contributed by atoms with van der Waals surface area (Å²) in [6.45, 7) is 5.65. The van der Waals surface area contributed by atoms with Crippen molar-refractivity contribution >= 4 is 17.7 Å². The predicted octanol–water partition coefficient (Wildman–Crippen LogP) is 3.17. The van der Waals surface area contributed by atoms with E-state index in [0.29, 0.717) is 10.9 Å². The molecular weight excluding hydrogens is 373 g/mol. The van der Waals surface area contributed by atoms with E-state index in [1.807, 2.05) is 41.3 Å². The molecule has 0 spiro atoms. The van der Waals surface area contributed by atoms with E-state index in [4.69, 9.17) is 0 Å². The predicted molar refractivity (Wildman–Crippen MR) is 111 cm³/mol. The first-order chi connectivity index (χ1) is 13.7. The van der Waals surface area contributed by atoms with Gasteiger partial charge < -0.3 is 10.2 Å². The van der Waals surface area contributed by atoms with Gasteiger partial charge in [0.15, 0.2) is 0 Å². The van der Waals surface area contributed by atoms with Crippen LogP contribution in [-0.2, 0) is 4.79 Å². The number of carbonyl (C=O) groups excluding carboxylic acids is 1. The Morgan fingerprint density at radius 1 is 1.04 bits per heavy atom. The van der Waals surface area contributed by atoms with E-state index in [1.165, 1.54) is 17.8 Å². The van der Waals surface area contributed by atoms with Gasteiger partial charge in [-0.15, -0.1) is 11.8 Å². The number of carbonyl (C=O) groups is 1. The molecule has 2 aliphatic heterocycles. The van der Waals surface area contributed by atoms with E-state index in [2.05, 4.69) is 10.2 Å². The number of benzene rings is 2. The van der Waals surface area contributed by atoms with Crippen molar-refractivity contribution in [3.63, 3.8) is 0 Å². The van der Waals surface area contributed by atoms with Crippen molar-refractivity contribution in [2.75, 3.05) is 39.3 Å². The zero-order valence-electron chi connectivity index (χ0n) is 15.9. The second kappa shape index (κ2) is 9.07. The lowest BCUT2D eigenvalue weighted by Crippen LogP contribution is -2.49. The topological polar surface area (TPSA) is 35.6 Å². The molecule has 2 aliphatic rings. The molecule has 2 unspecified atom stereocenters. The summed E-state index contributed by atoms with van der Waals surface area (Å²) in [6.07, 6.45) is 1.01. The molecule has 2 saturated heterocycles. The molecule has 2 aromatic rings. The van der Waals surface area contributed by atoms with Crippen LogP contribution in [0, 0.1) is 5.82 Å². The van der Waals surface area contributed by atoms with Gasteiger partial charge in [-0.2, -0.15) is 0 Å². The Hall–Kier alpha value is -1.89. The van der Waals surface area contributed by atoms with Crippen molar-refractivity contribution in [3.8, 4) is 0 Å². The van der Waals surface area contributed by atoms with Crippen LogP contribution in [0.4, 0.5) is 4.39 Å². The zero-order valence-corrected chi connectivity index (χ0v) is 16.7. The van der Waals surface area contributed by atoms with E-state index < -0.39 is 5.25 Å². The van der Waals surface area contributed by atoms with Gasteiger partial charge in [-0.25, -0.2) is 4.39 Å². The van der Waals surface area contributed by atoms with Crippen LogP contribution in [0.5, 0.6) is 0 Å². The average Bonchev–Trinajstić information content (AvgIpc) is 3.24. The van der Waals surface area contributed by atoms with Crippen LogP contribution in [0.15, 0.2) is 59.5 Å². The molecule has 0 bridgehead atoms. The summed E-state index contributed by atoms with van der Waals surface area (Å²) in [4.78, 5) is 18.4. The van der Waals surface area contributed by atoms with E-state index in [9.17, 15) is 9.18 Å². The van der Waals surface area contributed by atoms with Crippen LogP contribution >= 0.6 is 11.8 Å². The number of likely N-dealkylation sites (tertiary alicyclic amines) is 1. The molecule has 2 fully saturated rings. The molecule has 0 radical (unpaired) electrons. The second-order valence-electron chi connectivity index (χ2n) is 7.35. The van der Waals surface area contributed by atoms with Gasteiger partial charge in [-0.3, -0.25) is 9.69 Å². The third-order valence-electron chi connectivity index (χ3n) is 5.55. The van der Waals surface area contributed by atoms with Crippen LogP contribution in [0.25, 0.3) is 0 Å². The van der Waals surface area contributed by atoms with Gasteiger partial charge in [-0.1, -0.05) is 42.5 Å². The van der Waals surface area contributed by atoms with Gasteiger partial charge in [0.25, 0.3) is 0 Å². The molecule has 0 aliphatic carbocycles. The van der Waals surface area contributed by atoms with Crippen LogP contribution in [0.3, 0.4) is 0 Å². The maximum Gasteiger partial charge on any atom is 0.240 e. The highest BCUT2D eigenvalue weighted by Gasteiger charge is 2.35. The highest BCUT2D eigenvalue weighted by Crippen LogP contribution is 2.38. The van der Waals surface area contributed by atoms with Crippen LogP contribution in [0.1, 0.15) is 17.2 Å². The first kappa shape index (κ1) is 19.4. The number of halogens is 1. The lowest BCUT2D eigenvalue weighted by molar-refractivity contribution is -0.129. The molecule has 4 rings (SSSR count). The monoisotopic (exact) mass is 399 g/mol. The largest absolute Gasteiger partial charge is 0.340 e. The fourth-order valence-electron chi connectivity index (χ4n) is 4.01.